The first-order valence-corrected chi connectivity index (χ1v) is 8.57. The molecule has 6 nitrogen and oxygen atoms in total. The highest BCUT2D eigenvalue weighted by Crippen LogP contribution is 2.29. The number of nitrogens with two attached hydrogens (primary N) is 1. The summed E-state index contributed by atoms with van der Waals surface area (Å²) in [5, 5.41) is 0.931. The molecule has 0 radical (unpaired) electrons. The fourth-order valence-electron chi connectivity index (χ4n) is 2.89. The number of nitrogens with one attached hydrogen (secondary N) is 1. The van der Waals surface area contributed by atoms with E-state index in [1.165, 1.54) is 0 Å². The minimum Gasteiger partial charge on any atom is -0.489 e. The van der Waals surface area contributed by atoms with Crippen LogP contribution in [0.1, 0.15) is 18.3 Å². The topological polar surface area (TPSA) is 86.0 Å². The Morgan fingerprint density at radius 2 is 1.88 bits per heavy atom. The molecule has 26 heavy (non-hydrogen) atoms. The number of anilines is 1. The summed E-state index contributed by atoms with van der Waals surface area (Å²) in [5.41, 5.74) is 9.53. The standard InChI is InChI=1S/C20H20N4O2/c1-2-25-12-17-23-18-15-9-8-14(26-11-13-6-4-3-5-7-13)10-16(15)22-20(21)19(18)24-17/h3-10H,2,11-12H2,1H3,(H2,21,22)(H,23,24). The predicted octanol–water partition coefficient (Wildman–Crippen LogP) is 3.81. The Balaban J connectivity index is 1.66. The van der Waals surface area contributed by atoms with Crippen molar-refractivity contribution in [2.45, 2.75) is 20.1 Å². The summed E-state index contributed by atoms with van der Waals surface area (Å²) in [7, 11) is 0. The second kappa shape index (κ2) is 7.01. The molecule has 0 amide bonds. The Kier molecular flexibility index (Phi) is 4.41. The molecule has 0 fully saturated rings. The van der Waals surface area contributed by atoms with Crippen molar-refractivity contribution in [1.29, 1.82) is 0 Å². The van der Waals surface area contributed by atoms with E-state index in [1.54, 1.807) is 0 Å². The average Bonchev–Trinajstić information content (AvgIpc) is 3.10. The number of benzene rings is 2. The maximum Gasteiger partial charge on any atom is 0.150 e. The van der Waals surface area contributed by atoms with Crippen LogP contribution in [0.3, 0.4) is 0 Å². The number of ether oxygens (including phenoxy) is 2. The molecular formula is C20H20N4O2. The largest absolute Gasteiger partial charge is 0.489 e. The molecule has 0 unspecified atom stereocenters. The van der Waals surface area contributed by atoms with Crippen molar-refractivity contribution in [1.82, 2.24) is 15.0 Å². The van der Waals surface area contributed by atoms with E-state index in [1.807, 2.05) is 55.5 Å². The van der Waals surface area contributed by atoms with E-state index in [0.29, 0.717) is 25.6 Å². The fraction of sp³-hybridized carbons (Fsp3) is 0.200. The number of pyridine rings is 1. The van der Waals surface area contributed by atoms with Gasteiger partial charge in [0.2, 0.25) is 0 Å². The lowest BCUT2D eigenvalue weighted by Gasteiger charge is -2.08. The van der Waals surface area contributed by atoms with Crippen molar-refractivity contribution in [3.8, 4) is 5.75 Å². The van der Waals surface area contributed by atoms with Crippen LogP contribution in [0, 0.1) is 0 Å². The smallest absolute Gasteiger partial charge is 0.150 e. The second-order valence-electron chi connectivity index (χ2n) is 5.99. The predicted molar refractivity (Wildman–Crippen MR) is 102 cm³/mol. The Bertz CT molecular complexity index is 1040. The molecule has 0 aliphatic heterocycles. The monoisotopic (exact) mass is 348 g/mol. The SMILES string of the molecule is CCOCc1nc2c([nH]1)c(N)nc1cc(OCc3ccccc3)ccc12. The molecule has 132 valence electrons. The van der Waals surface area contributed by atoms with Crippen LogP contribution in [-0.2, 0) is 18.0 Å². The Labute approximate surface area is 151 Å². The first-order valence-electron chi connectivity index (χ1n) is 8.57. The number of imidazole rings is 1. The number of hydrogen-bond donors (Lipinski definition) is 2. The van der Waals surface area contributed by atoms with Gasteiger partial charge in [0.25, 0.3) is 0 Å². The quantitative estimate of drug-likeness (QED) is 0.553. The highest BCUT2D eigenvalue weighted by Gasteiger charge is 2.12. The maximum atomic E-state index is 6.12. The van der Waals surface area contributed by atoms with Crippen LogP contribution in [0.25, 0.3) is 21.9 Å². The zero-order chi connectivity index (χ0) is 17.9. The molecule has 0 spiro atoms. The highest BCUT2D eigenvalue weighted by molar-refractivity contribution is 6.06. The number of fused-ring (bicyclic) bond motifs is 3. The van der Waals surface area contributed by atoms with E-state index >= 15 is 0 Å². The van der Waals surface area contributed by atoms with Crippen LogP contribution in [0.2, 0.25) is 0 Å². The summed E-state index contributed by atoms with van der Waals surface area (Å²) < 4.78 is 11.3. The van der Waals surface area contributed by atoms with Crippen molar-refractivity contribution in [3.05, 3.63) is 59.9 Å². The summed E-state index contributed by atoms with van der Waals surface area (Å²) in [6.45, 7) is 3.51. The number of aromatic amines is 1. The number of nitrogens with zero attached hydrogens (tertiary/aromatic N) is 2. The molecule has 0 aliphatic rings. The van der Waals surface area contributed by atoms with E-state index in [-0.39, 0.29) is 0 Å². The molecule has 6 heteroatoms. The second-order valence-corrected chi connectivity index (χ2v) is 5.99. The molecule has 4 rings (SSSR count). The zero-order valence-corrected chi connectivity index (χ0v) is 14.5. The summed E-state index contributed by atoms with van der Waals surface area (Å²) >= 11 is 0. The summed E-state index contributed by atoms with van der Waals surface area (Å²) in [4.78, 5) is 12.3. The molecular weight excluding hydrogens is 328 g/mol. The van der Waals surface area contributed by atoms with E-state index in [0.717, 1.165) is 39.1 Å². The van der Waals surface area contributed by atoms with Gasteiger partial charge in [-0.1, -0.05) is 30.3 Å². The highest BCUT2D eigenvalue weighted by atomic mass is 16.5. The third-order valence-corrected chi connectivity index (χ3v) is 4.17. The van der Waals surface area contributed by atoms with Crippen LogP contribution >= 0.6 is 0 Å². The molecule has 0 saturated carbocycles. The van der Waals surface area contributed by atoms with Gasteiger partial charge in [0, 0.05) is 18.1 Å². The van der Waals surface area contributed by atoms with Gasteiger partial charge in [-0.3, -0.25) is 0 Å². The van der Waals surface area contributed by atoms with Gasteiger partial charge in [-0.05, 0) is 24.6 Å². The van der Waals surface area contributed by atoms with Gasteiger partial charge in [0.15, 0.2) is 0 Å². The minimum absolute atomic E-state index is 0.419. The summed E-state index contributed by atoms with van der Waals surface area (Å²) in [6.07, 6.45) is 0. The maximum absolute atomic E-state index is 6.12. The third kappa shape index (κ3) is 3.19. The van der Waals surface area contributed by atoms with Gasteiger partial charge in [-0.2, -0.15) is 0 Å². The van der Waals surface area contributed by atoms with Crippen LogP contribution in [-0.4, -0.2) is 21.6 Å². The van der Waals surface area contributed by atoms with Crippen molar-refractivity contribution in [2.24, 2.45) is 0 Å². The third-order valence-electron chi connectivity index (χ3n) is 4.17. The lowest BCUT2D eigenvalue weighted by atomic mass is 10.2. The van der Waals surface area contributed by atoms with E-state index in [2.05, 4.69) is 15.0 Å². The average molecular weight is 348 g/mol. The first-order chi connectivity index (χ1) is 12.7. The number of nitrogen functional groups attached to an aromatic ring is 1. The van der Waals surface area contributed by atoms with E-state index < -0.39 is 0 Å². The molecule has 2 heterocycles. The van der Waals surface area contributed by atoms with Gasteiger partial charge < -0.3 is 20.2 Å². The molecule has 0 saturated heterocycles. The number of rotatable bonds is 6. The molecule has 2 aromatic heterocycles. The Hall–Kier alpha value is -3.12. The van der Waals surface area contributed by atoms with Crippen molar-refractivity contribution >= 4 is 27.8 Å². The number of hydrogen-bond acceptors (Lipinski definition) is 5. The normalized spacial score (nSPS) is 11.3. The lowest BCUT2D eigenvalue weighted by Crippen LogP contribution is -1.96. The molecule has 3 N–H and O–H groups in total. The van der Waals surface area contributed by atoms with Crippen molar-refractivity contribution in [2.75, 3.05) is 12.3 Å². The fourth-order valence-corrected chi connectivity index (χ4v) is 2.89. The molecule has 2 aromatic carbocycles. The van der Waals surface area contributed by atoms with Gasteiger partial charge in [0.05, 0.1) is 5.52 Å². The summed E-state index contributed by atoms with van der Waals surface area (Å²) in [5.74, 6) is 1.91. The lowest BCUT2D eigenvalue weighted by molar-refractivity contribution is 0.129. The van der Waals surface area contributed by atoms with Crippen LogP contribution in [0.5, 0.6) is 5.75 Å². The molecule has 0 aliphatic carbocycles. The molecule has 4 aromatic rings. The van der Waals surface area contributed by atoms with Gasteiger partial charge in [0.1, 0.15) is 41.6 Å². The van der Waals surface area contributed by atoms with Crippen molar-refractivity contribution in [3.63, 3.8) is 0 Å². The Morgan fingerprint density at radius 1 is 1.04 bits per heavy atom. The van der Waals surface area contributed by atoms with E-state index in [4.69, 9.17) is 15.2 Å². The number of H-pyrrole nitrogens is 1. The van der Waals surface area contributed by atoms with Gasteiger partial charge in [-0.25, -0.2) is 9.97 Å². The number of aromatic nitrogens is 3. The van der Waals surface area contributed by atoms with Crippen LogP contribution in [0.4, 0.5) is 5.82 Å². The molecule has 0 atom stereocenters. The van der Waals surface area contributed by atoms with Gasteiger partial charge >= 0.3 is 0 Å². The Morgan fingerprint density at radius 3 is 2.69 bits per heavy atom. The van der Waals surface area contributed by atoms with Crippen molar-refractivity contribution < 1.29 is 9.47 Å². The zero-order valence-electron chi connectivity index (χ0n) is 14.5. The van der Waals surface area contributed by atoms with E-state index in [9.17, 15) is 0 Å². The summed E-state index contributed by atoms with van der Waals surface area (Å²) in [6, 6.07) is 15.8. The van der Waals surface area contributed by atoms with Crippen LogP contribution in [0.15, 0.2) is 48.5 Å². The minimum atomic E-state index is 0.419. The molecule has 0 bridgehead atoms. The first kappa shape index (κ1) is 16.4. The van der Waals surface area contributed by atoms with Gasteiger partial charge in [-0.15, -0.1) is 0 Å². The van der Waals surface area contributed by atoms with Crippen LogP contribution < -0.4 is 10.5 Å².